The van der Waals surface area contributed by atoms with E-state index < -0.39 is 31.2 Å². The van der Waals surface area contributed by atoms with Gasteiger partial charge in [-0.05, 0) is 31.6 Å². The average molecular weight is 373 g/mol. The quantitative estimate of drug-likeness (QED) is 0.303. The molecule has 26 heavy (non-hydrogen) atoms. The first-order valence-corrected chi connectivity index (χ1v) is 9.92. The van der Waals surface area contributed by atoms with Crippen LogP contribution in [0.2, 0.25) is 0 Å². The molecule has 0 amide bonds. The summed E-state index contributed by atoms with van der Waals surface area (Å²) in [5, 5.41) is 27.6. The molecule has 1 atom stereocenters. The second kappa shape index (κ2) is 14.2. The lowest BCUT2D eigenvalue weighted by atomic mass is 9.93. The second-order valence-corrected chi connectivity index (χ2v) is 8.21. The monoisotopic (exact) mass is 372 g/mol. The number of rotatable bonds is 15. The highest BCUT2D eigenvalue weighted by atomic mass is 16.5. The molecule has 0 heterocycles. The third-order valence-corrected chi connectivity index (χ3v) is 4.91. The molecule has 0 rings (SSSR count). The SMILES string of the molecule is CC(=CCC(=O)OCC(CO)(CO)CO)CCCC(C)CCCC(C)C. The molecule has 3 N–H and O–H groups in total. The van der Waals surface area contributed by atoms with Crippen molar-refractivity contribution in [1.29, 1.82) is 0 Å². The molecule has 1 unspecified atom stereocenters. The van der Waals surface area contributed by atoms with E-state index in [9.17, 15) is 20.1 Å². The fraction of sp³-hybridized carbons (Fsp3) is 0.857. The molecule has 0 radical (unpaired) electrons. The van der Waals surface area contributed by atoms with Crippen molar-refractivity contribution in [2.24, 2.45) is 17.3 Å². The summed E-state index contributed by atoms with van der Waals surface area (Å²) in [7, 11) is 0. The largest absolute Gasteiger partial charge is 0.465 e. The van der Waals surface area contributed by atoms with Gasteiger partial charge in [-0.2, -0.15) is 0 Å². The summed E-state index contributed by atoms with van der Waals surface area (Å²) in [4.78, 5) is 11.8. The lowest BCUT2D eigenvalue weighted by molar-refractivity contribution is -0.150. The van der Waals surface area contributed by atoms with Crippen LogP contribution in [-0.4, -0.2) is 47.7 Å². The molecular weight excluding hydrogens is 332 g/mol. The third-order valence-electron chi connectivity index (χ3n) is 4.91. The fourth-order valence-electron chi connectivity index (χ4n) is 2.69. The summed E-state index contributed by atoms with van der Waals surface area (Å²) in [6, 6.07) is 0. The van der Waals surface area contributed by atoms with Gasteiger partial charge >= 0.3 is 5.97 Å². The van der Waals surface area contributed by atoms with E-state index in [-0.39, 0.29) is 13.0 Å². The summed E-state index contributed by atoms with van der Waals surface area (Å²) >= 11 is 0. The summed E-state index contributed by atoms with van der Waals surface area (Å²) < 4.78 is 5.07. The maximum absolute atomic E-state index is 11.8. The maximum atomic E-state index is 11.8. The van der Waals surface area contributed by atoms with Crippen molar-refractivity contribution < 1.29 is 24.9 Å². The smallest absolute Gasteiger partial charge is 0.309 e. The number of carbonyl (C=O) groups is 1. The van der Waals surface area contributed by atoms with E-state index >= 15 is 0 Å². The Labute approximate surface area is 159 Å². The molecule has 0 fully saturated rings. The van der Waals surface area contributed by atoms with Crippen molar-refractivity contribution in [3.8, 4) is 0 Å². The van der Waals surface area contributed by atoms with Gasteiger partial charge in [0.2, 0.25) is 0 Å². The van der Waals surface area contributed by atoms with Gasteiger partial charge in [0.25, 0.3) is 0 Å². The summed E-state index contributed by atoms with van der Waals surface area (Å²) in [6.07, 6.45) is 9.26. The van der Waals surface area contributed by atoms with Crippen molar-refractivity contribution >= 4 is 5.97 Å². The number of carbonyl (C=O) groups excluding carboxylic acids is 1. The summed E-state index contributed by atoms with van der Waals surface area (Å²) in [6.45, 7) is 7.38. The van der Waals surface area contributed by atoms with Crippen LogP contribution in [0.15, 0.2) is 11.6 Å². The molecule has 5 heteroatoms. The maximum Gasteiger partial charge on any atom is 0.309 e. The highest BCUT2D eigenvalue weighted by Gasteiger charge is 2.29. The number of aliphatic hydroxyl groups is 3. The molecule has 0 aliphatic rings. The Morgan fingerprint density at radius 3 is 2.12 bits per heavy atom. The first kappa shape index (κ1) is 25.1. The molecule has 0 saturated heterocycles. The highest BCUT2D eigenvalue weighted by molar-refractivity contribution is 5.71. The summed E-state index contributed by atoms with van der Waals surface area (Å²) in [5.41, 5.74) is 0.00852. The normalized spacial score (nSPS) is 13.9. The van der Waals surface area contributed by atoms with Crippen molar-refractivity contribution in [2.45, 2.75) is 72.6 Å². The van der Waals surface area contributed by atoms with Crippen LogP contribution in [-0.2, 0) is 9.53 Å². The second-order valence-electron chi connectivity index (χ2n) is 8.21. The zero-order chi connectivity index (χ0) is 20.0. The van der Waals surface area contributed by atoms with Crippen LogP contribution < -0.4 is 0 Å². The minimum Gasteiger partial charge on any atom is -0.465 e. The highest BCUT2D eigenvalue weighted by Crippen LogP contribution is 2.19. The van der Waals surface area contributed by atoms with Crippen molar-refractivity contribution in [3.05, 3.63) is 11.6 Å². The van der Waals surface area contributed by atoms with Crippen LogP contribution in [0.3, 0.4) is 0 Å². The minimum absolute atomic E-state index is 0.175. The Hall–Kier alpha value is -0.910. The number of ether oxygens (including phenoxy) is 1. The van der Waals surface area contributed by atoms with Crippen LogP contribution in [0.25, 0.3) is 0 Å². The molecule has 154 valence electrons. The average Bonchev–Trinajstić information content (AvgIpc) is 2.61. The van der Waals surface area contributed by atoms with Gasteiger partial charge in [0, 0.05) is 0 Å². The van der Waals surface area contributed by atoms with Crippen molar-refractivity contribution in [2.75, 3.05) is 26.4 Å². The molecule has 0 spiro atoms. The number of aliphatic hydroxyl groups excluding tert-OH is 3. The van der Waals surface area contributed by atoms with E-state index in [0.717, 1.165) is 24.7 Å². The molecule has 0 aliphatic heterocycles. The van der Waals surface area contributed by atoms with Crippen LogP contribution in [0, 0.1) is 17.3 Å². The predicted octanol–water partition coefficient (Wildman–Crippen LogP) is 3.46. The molecule has 0 saturated carbocycles. The zero-order valence-electron chi connectivity index (χ0n) is 17.2. The first-order valence-electron chi connectivity index (χ1n) is 9.92. The van der Waals surface area contributed by atoms with Gasteiger partial charge in [-0.15, -0.1) is 0 Å². The van der Waals surface area contributed by atoms with Gasteiger partial charge in [0.05, 0.1) is 31.7 Å². The standard InChI is InChI=1S/C21H40O5/c1-17(2)7-5-8-18(3)9-6-10-19(4)11-12-20(25)26-16-21(13-22,14-23)15-24/h11,17-18,22-24H,5-10,12-16H2,1-4H3. The van der Waals surface area contributed by atoms with E-state index in [2.05, 4.69) is 20.8 Å². The minimum atomic E-state index is -1.17. The van der Waals surface area contributed by atoms with Crippen LogP contribution in [0.1, 0.15) is 72.6 Å². The number of hydrogen-bond donors (Lipinski definition) is 3. The predicted molar refractivity (Wildman–Crippen MR) is 105 cm³/mol. The van der Waals surface area contributed by atoms with Crippen LogP contribution in [0.4, 0.5) is 0 Å². The fourth-order valence-corrected chi connectivity index (χ4v) is 2.69. The Bertz CT molecular complexity index is 391. The Balaban J connectivity index is 4.00. The van der Waals surface area contributed by atoms with Gasteiger partial charge in [0.15, 0.2) is 0 Å². The zero-order valence-corrected chi connectivity index (χ0v) is 17.2. The number of hydrogen-bond acceptors (Lipinski definition) is 5. The van der Waals surface area contributed by atoms with Gasteiger partial charge in [-0.1, -0.05) is 58.1 Å². The lowest BCUT2D eigenvalue weighted by Gasteiger charge is -2.26. The number of esters is 1. The van der Waals surface area contributed by atoms with E-state index in [1.165, 1.54) is 31.3 Å². The molecule has 0 bridgehead atoms. The van der Waals surface area contributed by atoms with Gasteiger partial charge in [0.1, 0.15) is 6.61 Å². The first-order chi connectivity index (χ1) is 12.3. The molecule has 0 aliphatic carbocycles. The Morgan fingerprint density at radius 1 is 1.00 bits per heavy atom. The molecule has 0 aromatic rings. The van der Waals surface area contributed by atoms with E-state index in [1.807, 2.05) is 13.0 Å². The van der Waals surface area contributed by atoms with Crippen molar-refractivity contribution in [3.63, 3.8) is 0 Å². The van der Waals surface area contributed by atoms with Crippen LogP contribution in [0.5, 0.6) is 0 Å². The van der Waals surface area contributed by atoms with Crippen molar-refractivity contribution in [1.82, 2.24) is 0 Å². The van der Waals surface area contributed by atoms with E-state index in [0.29, 0.717) is 0 Å². The van der Waals surface area contributed by atoms with Gasteiger partial charge in [-0.3, -0.25) is 4.79 Å². The topological polar surface area (TPSA) is 87.0 Å². The lowest BCUT2D eigenvalue weighted by Crippen LogP contribution is -2.39. The molecule has 0 aromatic heterocycles. The number of allylic oxidation sites excluding steroid dienone is 1. The third kappa shape index (κ3) is 11.7. The van der Waals surface area contributed by atoms with Gasteiger partial charge in [-0.25, -0.2) is 0 Å². The molecular formula is C21H40O5. The van der Waals surface area contributed by atoms with Crippen LogP contribution >= 0.6 is 0 Å². The Morgan fingerprint density at radius 2 is 1.58 bits per heavy atom. The molecule has 0 aromatic carbocycles. The Kier molecular flexibility index (Phi) is 13.7. The van der Waals surface area contributed by atoms with E-state index in [4.69, 9.17) is 4.74 Å². The summed E-state index contributed by atoms with van der Waals surface area (Å²) in [5.74, 6) is 1.12. The van der Waals surface area contributed by atoms with Gasteiger partial charge < -0.3 is 20.1 Å². The van der Waals surface area contributed by atoms with E-state index in [1.54, 1.807) is 0 Å². The molecule has 5 nitrogen and oxygen atoms in total.